The number of allylic oxidation sites excluding steroid dienone is 3. The molecule has 1 aromatic carbocycles. The molecule has 0 unspecified atom stereocenters. The van der Waals surface area contributed by atoms with Crippen LogP contribution in [0.1, 0.15) is 45.0 Å². The summed E-state index contributed by atoms with van der Waals surface area (Å²) in [4.78, 5) is 8.41. The van der Waals surface area contributed by atoms with Crippen LogP contribution >= 0.6 is 0 Å². The minimum atomic E-state index is -0.220. The lowest BCUT2D eigenvalue weighted by Crippen LogP contribution is -2.37. The van der Waals surface area contributed by atoms with Crippen molar-refractivity contribution in [2.24, 2.45) is 17.3 Å². The Morgan fingerprint density at radius 3 is 2.72 bits per heavy atom. The van der Waals surface area contributed by atoms with Crippen LogP contribution in [0.3, 0.4) is 0 Å². The number of benzene rings is 1. The number of hydrogen-bond acceptors (Lipinski definition) is 1. The van der Waals surface area contributed by atoms with Crippen LogP contribution in [0.15, 0.2) is 42.5 Å². The van der Waals surface area contributed by atoms with E-state index >= 15 is 0 Å². The van der Waals surface area contributed by atoms with Crippen molar-refractivity contribution in [1.29, 1.82) is 0 Å². The predicted octanol–water partition coefficient (Wildman–Crippen LogP) is 5.78. The zero-order valence-corrected chi connectivity index (χ0v) is 15.2. The van der Waals surface area contributed by atoms with Crippen molar-refractivity contribution in [2.45, 2.75) is 40.0 Å². The van der Waals surface area contributed by atoms with Crippen molar-refractivity contribution in [1.82, 2.24) is 9.97 Å². The number of aromatic nitrogens is 2. The fourth-order valence-corrected chi connectivity index (χ4v) is 4.46. The maximum absolute atomic E-state index is 13.2. The van der Waals surface area contributed by atoms with Gasteiger partial charge in [0.25, 0.3) is 0 Å². The topological polar surface area (TPSA) is 28.7 Å². The molecular weight excluding hydrogens is 311 g/mol. The molecule has 0 saturated heterocycles. The lowest BCUT2D eigenvalue weighted by molar-refractivity contribution is 0.216. The third-order valence-electron chi connectivity index (χ3n) is 6.34. The summed E-state index contributed by atoms with van der Waals surface area (Å²) in [6.07, 6.45) is 5.57. The second kappa shape index (κ2) is 5.69. The zero-order valence-electron chi connectivity index (χ0n) is 15.2. The Kier molecular flexibility index (Phi) is 3.71. The summed E-state index contributed by atoms with van der Waals surface area (Å²) >= 11 is 0. The van der Waals surface area contributed by atoms with E-state index in [2.05, 4.69) is 38.4 Å². The number of nitrogens with one attached hydrogen (secondary N) is 1. The van der Waals surface area contributed by atoms with Crippen LogP contribution in [0.25, 0.3) is 17.0 Å². The van der Waals surface area contributed by atoms with E-state index in [4.69, 9.17) is 4.98 Å². The summed E-state index contributed by atoms with van der Waals surface area (Å²) in [5, 5.41) is 0. The van der Waals surface area contributed by atoms with Gasteiger partial charge >= 0.3 is 0 Å². The fraction of sp³-hybridized carbons (Fsp3) is 0.409. The molecule has 0 bridgehead atoms. The lowest BCUT2D eigenvalue weighted by atomic mass is 9.58. The summed E-state index contributed by atoms with van der Waals surface area (Å²) < 4.78 is 13.2. The van der Waals surface area contributed by atoms with E-state index in [-0.39, 0.29) is 11.2 Å². The summed E-state index contributed by atoms with van der Waals surface area (Å²) in [6.45, 7) is 11.1. The van der Waals surface area contributed by atoms with E-state index in [1.807, 2.05) is 0 Å². The Morgan fingerprint density at radius 1 is 1.32 bits per heavy atom. The largest absolute Gasteiger partial charge is 0.341 e. The first-order chi connectivity index (χ1) is 11.9. The van der Waals surface area contributed by atoms with Gasteiger partial charge in [0, 0.05) is 11.3 Å². The Balaban J connectivity index is 1.78. The number of imidazole rings is 1. The Labute approximate surface area is 148 Å². The molecule has 0 spiro atoms. The van der Waals surface area contributed by atoms with Gasteiger partial charge in [-0.3, -0.25) is 0 Å². The summed E-state index contributed by atoms with van der Waals surface area (Å²) in [5.74, 6) is 1.73. The van der Waals surface area contributed by atoms with Gasteiger partial charge in [0.1, 0.15) is 11.6 Å². The van der Waals surface area contributed by atoms with Crippen LogP contribution < -0.4 is 0 Å². The van der Waals surface area contributed by atoms with E-state index in [0.717, 1.165) is 36.3 Å². The standard InChI is InChI=1S/C22H25FN2/c1-13(2)16-7-10-18-20-19(11-14(3)22(18,4)12-16)24-21(25-20)15-5-8-17(23)9-6-15/h5-6,8-10,14,16H,1,7,11-12H2,2-4H3,(H,24,25)/t14-,16-,22+/m1/s1. The van der Waals surface area contributed by atoms with Crippen LogP contribution in [0, 0.1) is 23.1 Å². The van der Waals surface area contributed by atoms with E-state index in [0.29, 0.717) is 11.8 Å². The first kappa shape index (κ1) is 16.3. The first-order valence-corrected chi connectivity index (χ1v) is 9.09. The number of aromatic amines is 1. The highest BCUT2D eigenvalue weighted by Gasteiger charge is 2.45. The van der Waals surface area contributed by atoms with Crippen molar-refractivity contribution < 1.29 is 4.39 Å². The fourth-order valence-electron chi connectivity index (χ4n) is 4.46. The van der Waals surface area contributed by atoms with E-state index in [9.17, 15) is 4.39 Å². The molecule has 0 aliphatic heterocycles. The Bertz CT molecular complexity index is 859. The molecule has 130 valence electrons. The highest BCUT2D eigenvalue weighted by Crippen LogP contribution is 2.55. The monoisotopic (exact) mass is 336 g/mol. The van der Waals surface area contributed by atoms with Crippen molar-refractivity contribution in [2.75, 3.05) is 0 Å². The van der Waals surface area contributed by atoms with Gasteiger partial charge in [-0.15, -0.1) is 0 Å². The van der Waals surface area contributed by atoms with Gasteiger partial charge in [0.2, 0.25) is 0 Å². The SMILES string of the molecule is C=C(C)[C@@H]1CC=C2c3nc(-c4ccc(F)cc4)[nH]c3C[C@@H](C)[C@]2(C)C1. The zero-order chi connectivity index (χ0) is 17.8. The molecule has 25 heavy (non-hydrogen) atoms. The van der Waals surface area contributed by atoms with Crippen LogP contribution in [-0.2, 0) is 6.42 Å². The van der Waals surface area contributed by atoms with Crippen LogP contribution in [-0.4, -0.2) is 9.97 Å². The Hall–Kier alpha value is -2.16. The molecule has 0 amide bonds. The highest BCUT2D eigenvalue weighted by molar-refractivity contribution is 5.74. The molecule has 0 saturated carbocycles. The quantitative estimate of drug-likeness (QED) is 0.692. The number of hydrogen-bond donors (Lipinski definition) is 1. The summed E-state index contributed by atoms with van der Waals surface area (Å²) in [6, 6.07) is 6.55. The second-order valence-corrected chi connectivity index (χ2v) is 8.04. The molecule has 4 rings (SSSR count). The average Bonchev–Trinajstić information content (AvgIpc) is 2.99. The molecule has 2 aromatic rings. The molecule has 2 aliphatic carbocycles. The third kappa shape index (κ3) is 2.57. The molecule has 2 aliphatic rings. The van der Waals surface area contributed by atoms with Gasteiger partial charge in [0.15, 0.2) is 0 Å². The van der Waals surface area contributed by atoms with Crippen LogP contribution in [0.4, 0.5) is 4.39 Å². The maximum Gasteiger partial charge on any atom is 0.138 e. The van der Waals surface area contributed by atoms with Gasteiger partial charge in [-0.2, -0.15) is 0 Å². The van der Waals surface area contributed by atoms with E-state index < -0.39 is 0 Å². The minimum Gasteiger partial charge on any atom is -0.341 e. The van der Waals surface area contributed by atoms with Gasteiger partial charge in [-0.1, -0.05) is 32.1 Å². The third-order valence-corrected chi connectivity index (χ3v) is 6.34. The molecule has 0 fully saturated rings. The summed E-state index contributed by atoms with van der Waals surface area (Å²) in [7, 11) is 0. The number of H-pyrrole nitrogens is 1. The number of fused-ring (bicyclic) bond motifs is 3. The first-order valence-electron chi connectivity index (χ1n) is 9.09. The van der Waals surface area contributed by atoms with Crippen molar-refractivity contribution in [3.05, 3.63) is 59.7 Å². The van der Waals surface area contributed by atoms with E-state index in [1.165, 1.54) is 29.0 Å². The minimum absolute atomic E-state index is 0.143. The van der Waals surface area contributed by atoms with Gasteiger partial charge in [-0.25, -0.2) is 9.37 Å². The smallest absolute Gasteiger partial charge is 0.138 e. The van der Waals surface area contributed by atoms with Crippen molar-refractivity contribution in [3.63, 3.8) is 0 Å². The number of rotatable bonds is 2. The van der Waals surface area contributed by atoms with Gasteiger partial charge in [-0.05, 0) is 73.3 Å². The van der Waals surface area contributed by atoms with Crippen LogP contribution in [0.2, 0.25) is 0 Å². The van der Waals surface area contributed by atoms with Crippen LogP contribution in [0.5, 0.6) is 0 Å². The molecule has 1 aromatic heterocycles. The van der Waals surface area contributed by atoms with Gasteiger partial charge < -0.3 is 4.98 Å². The molecule has 2 nitrogen and oxygen atoms in total. The average molecular weight is 336 g/mol. The predicted molar refractivity (Wildman–Crippen MR) is 100 cm³/mol. The number of halogens is 1. The molecule has 1 heterocycles. The lowest BCUT2D eigenvalue weighted by Gasteiger charge is -2.46. The molecule has 1 N–H and O–H groups in total. The maximum atomic E-state index is 13.2. The molecule has 3 heteroatoms. The van der Waals surface area contributed by atoms with Gasteiger partial charge in [0.05, 0.1) is 5.69 Å². The second-order valence-electron chi connectivity index (χ2n) is 8.04. The molecular formula is C22H25FN2. The summed E-state index contributed by atoms with van der Waals surface area (Å²) in [5.41, 5.74) is 6.06. The molecule has 0 radical (unpaired) electrons. The van der Waals surface area contributed by atoms with E-state index in [1.54, 1.807) is 12.1 Å². The molecule has 3 atom stereocenters. The highest BCUT2D eigenvalue weighted by atomic mass is 19.1. The van der Waals surface area contributed by atoms with Crippen molar-refractivity contribution in [3.8, 4) is 11.4 Å². The number of nitrogens with zero attached hydrogens (tertiary/aromatic N) is 1. The Morgan fingerprint density at radius 2 is 2.04 bits per heavy atom. The van der Waals surface area contributed by atoms with Crippen molar-refractivity contribution >= 4 is 5.57 Å². The normalized spacial score (nSPS) is 28.1.